The molecule has 1 aliphatic heterocycles. The Hall–Kier alpha value is -1.42. The number of hydrogen-bond acceptors (Lipinski definition) is 2. The number of amides is 1. The second kappa shape index (κ2) is 6.84. The highest BCUT2D eigenvalue weighted by atomic mass is 19.1. The van der Waals surface area contributed by atoms with Crippen LogP contribution in [0.1, 0.15) is 32.3 Å². The summed E-state index contributed by atoms with van der Waals surface area (Å²) in [6.07, 6.45) is 1.91. The molecule has 0 aromatic heterocycles. The lowest BCUT2D eigenvalue weighted by molar-refractivity contribution is -0.127. The molecule has 0 saturated carbocycles. The molecule has 1 atom stereocenters. The summed E-state index contributed by atoms with van der Waals surface area (Å²) in [4.78, 5) is 14.2. The topological polar surface area (TPSA) is 32.3 Å². The van der Waals surface area contributed by atoms with Crippen molar-refractivity contribution in [2.45, 2.75) is 39.3 Å². The number of hydrogen-bond donors (Lipinski definition) is 1. The van der Waals surface area contributed by atoms with E-state index >= 15 is 0 Å². The fraction of sp³-hybridized carbons (Fsp3) is 0.562. The Balaban J connectivity index is 1.94. The van der Waals surface area contributed by atoms with Crippen LogP contribution in [0.15, 0.2) is 24.3 Å². The minimum absolute atomic E-state index is 0.0259. The van der Waals surface area contributed by atoms with Gasteiger partial charge in [0, 0.05) is 24.7 Å². The van der Waals surface area contributed by atoms with Crippen LogP contribution in [0.25, 0.3) is 0 Å². The minimum atomic E-state index is -0.166. The van der Waals surface area contributed by atoms with Gasteiger partial charge in [0.05, 0.1) is 5.92 Å². The monoisotopic (exact) mass is 278 g/mol. The van der Waals surface area contributed by atoms with Crippen molar-refractivity contribution in [3.05, 3.63) is 35.6 Å². The summed E-state index contributed by atoms with van der Waals surface area (Å²) in [6, 6.07) is 7.03. The van der Waals surface area contributed by atoms with Gasteiger partial charge in [0.25, 0.3) is 0 Å². The number of piperidine rings is 1. The Labute approximate surface area is 120 Å². The Bertz CT molecular complexity index is 462. The first kappa shape index (κ1) is 15.0. The van der Waals surface area contributed by atoms with Crippen molar-refractivity contribution in [3.8, 4) is 0 Å². The van der Waals surface area contributed by atoms with E-state index in [4.69, 9.17) is 0 Å². The molecule has 1 fully saturated rings. The van der Waals surface area contributed by atoms with Gasteiger partial charge in [-0.2, -0.15) is 0 Å². The predicted molar refractivity (Wildman–Crippen MR) is 77.7 cm³/mol. The van der Waals surface area contributed by atoms with Crippen molar-refractivity contribution in [2.75, 3.05) is 13.1 Å². The van der Waals surface area contributed by atoms with E-state index in [1.165, 1.54) is 6.07 Å². The van der Waals surface area contributed by atoms with Crippen LogP contribution >= 0.6 is 0 Å². The second-order valence-electron chi connectivity index (χ2n) is 5.83. The van der Waals surface area contributed by atoms with E-state index in [2.05, 4.69) is 10.2 Å². The molecule has 20 heavy (non-hydrogen) atoms. The lowest BCUT2D eigenvalue weighted by atomic mass is 9.96. The molecule has 0 spiro atoms. The first-order chi connectivity index (χ1) is 9.56. The zero-order valence-corrected chi connectivity index (χ0v) is 12.2. The molecule has 110 valence electrons. The van der Waals surface area contributed by atoms with Gasteiger partial charge < -0.3 is 5.32 Å². The zero-order chi connectivity index (χ0) is 14.5. The van der Waals surface area contributed by atoms with E-state index < -0.39 is 0 Å². The SMILES string of the molecule is CC(C)NC(=O)C1CCCN(Cc2ccccc2F)C1. The van der Waals surface area contributed by atoms with Gasteiger partial charge in [-0.15, -0.1) is 0 Å². The van der Waals surface area contributed by atoms with Gasteiger partial charge in [0.15, 0.2) is 0 Å². The number of halogens is 1. The van der Waals surface area contributed by atoms with E-state index in [1.54, 1.807) is 6.07 Å². The molecule has 1 aromatic carbocycles. The Morgan fingerprint density at radius 3 is 2.90 bits per heavy atom. The third-order valence-electron chi connectivity index (χ3n) is 3.66. The molecule has 1 heterocycles. The van der Waals surface area contributed by atoms with Crippen molar-refractivity contribution >= 4 is 5.91 Å². The predicted octanol–water partition coefficient (Wildman–Crippen LogP) is 2.56. The molecule has 4 heteroatoms. The van der Waals surface area contributed by atoms with E-state index in [-0.39, 0.29) is 23.7 Å². The highest BCUT2D eigenvalue weighted by molar-refractivity contribution is 5.79. The Kier molecular flexibility index (Phi) is 5.12. The van der Waals surface area contributed by atoms with Gasteiger partial charge in [-0.1, -0.05) is 18.2 Å². The maximum Gasteiger partial charge on any atom is 0.224 e. The van der Waals surface area contributed by atoms with Crippen molar-refractivity contribution < 1.29 is 9.18 Å². The average Bonchev–Trinajstić information content (AvgIpc) is 2.41. The van der Waals surface area contributed by atoms with E-state index in [0.717, 1.165) is 19.4 Å². The summed E-state index contributed by atoms with van der Waals surface area (Å²) >= 11 is 0. The molecule has 1 saturated heterocycles. The van der Waals surface area contributed by atoms with Gasteiger partial charge >= 0.3 is 0 Å². The molecular weight excluding hydrogens is 255 g/mol. The molecule has 2 rings (SSSR count). The summed E-state index contributed by atoms with van der Waals surface area (Å²) in [5.74, 6) is -0.0163. The number of likely N-dealkylation sites (tertiary alicyclic amines) is 1. The first-order valence-corrected chi connectivity index (χ1v) is 7.32. The Morgan fingerprint density at radius 2 is 2.20 bits per heavy atom. The van der Waals surface area contributed by atoms with E-state index in [9.17, 15) is 9.18 Å². The molecular formula is C16H23FN2O. The number of rotatable bonds is 4. The smallest absolute Gasteiger partial charge is 0.224 e. The van der Waals surface area contributed by atoms with Crippen LogP contribution in [0, 0.1) is 11.7 Å². The molecule has 0 radical (unpaired) electrons. The van der Waals surface area contributed by atoms with Gasteiger partial charge in [-0.05, 0) is 39.3 Å². The van der Waals surface area contributed by atoms with Crippen molar-refractivity contribution in [1.82, 2.24) is 10.2 Å². The summed E-state index contributed by atoms with van der Waals surface area (Å²) in [6.45, 7) is 6.17. The maximum atomic E-state index is 13.7. The molecule has 1 aromatic rings. The largest absolute Gasteiger partial charge is 0.354 e. The van der Waals surface area contributed by atoms with Crippen molar-refractivity contribution in [1.29, 1.82) is 0 Å². The van der Waals surface area contributed by atoms with Crippen molar-refractivity contribution in [3.63, 3.8) is 0 Å². The van der Waals surface area contributed by atoms with Gasteiger partial charge in [0.2, 0.25) is 5.91 Å². The van der Waals surface area contributed by atoms with E-state index in [1.807, 2.05) is 26.0 Å². The fourth-order valence-corrected chi connectivity index (χ4v) is 2.68. The first-order valence-electron chi connectivity index (χ1n) is 7.32. The number of carbonyl (C=O) groups excluding carboxylic acids is 1. The number of nitrogens with zero attached hydrogens (tertiary/aromatic N) is 1. The molecule has 1 aliphatic rings. The van der Waals surface area contributed by atoms with Crippen LogP contribution < -0.4 is 5.32 Å². The van der Waals surface area contributed by atoms with Crippen LogP contribution in [0.2, 0.25) is 0 Å². The lowest BCUT2D eigenvalue weighted by Gasteiger charge is -2.32. The van der Waals surface area contributed by atoms with Crippen LogP contribution in [0.3, 0.4) is 0 Å². The quantitative estimate of drug-likeness (QED) is 0.918. The highest BCUT2D eigenvalue weighted by Gasteiger charge is 2.26. The highest BCUT2D eigenvalue weighted by Crippen LogP contribution is 2.20. The summed E-state index contributed by atoms with van der Waals surface area (Å²) in [7, 11) is 0. The molecule has 0 bridgehead atoms. The van der Waals surface area contributed by atoms with Crippen LogP contribution in [0.4, 0.5) is 4.39 Å². The number of benzene rings is 1. The maximum absolute atomic E-state index is 13.7. The third-order valence-corrected chi connectivity index (χ3v) is 3.66. The summed E-state index contributed by atoms with van der Waals surface area (Å²) in [5, 5.41) is 2.97. The van der Waals surface area contributed by atoms with Gasteiger partial charge in [-0.25, -0.2) is 4.39 Å². The average molecular weight is 278 g/mol. The van der Waals surface area contributed by atoms with E-state index in [0.29, 0.717) is 18.7 Å². The summed E-state index contributed by atoms with van der Waals surface area (Å²) in [5.41, 5.74) is 0.706. The summed E-state index contributed by atoms with van der Waals surface area (Å²) < 4.78 is 13.7. The second-order valence-corrected chi connectivity index (χ2v) is 5.83. The van der Waals surface area contributed by atoms with Gasteiger partial charge in [0.1, 0.15) is 5.82 Å². The molecule has 1 unspecified atom stereocenters. The molecule has 1 amide bonds. The lowest BCUT2D eigenvalue weighted by Crippen LogP contribution is -2.44. The standard InChI is InChI=1S/C16H23FN2O/c1-12(2)18-16(20)14-7-5-9-19(11-14)10-13-6-3-4-8-15(13)17/h3-4,6,8,12,14H,5,7,9-11H2,1-2H3,(H,18,20). The Morgan fingerprint density at radius 1 is 1.45 bits per heavy atom. The third kappa shape index (κ3) is 4.04. The number of carbonyl (C=O) groups is 1. The fourth-order valence-electron chi connectivity index (χ4n) is 2.68. The van der Waals surface area contributed by atoms with Crippen LogP contribution in [-0.4, -0.2) is 29.9 Å². The normalized spacial score (nSPS) is 20.1. The minimum Gasteiger partial charge on any atom is -0.354 e. The van der Waals surface area contributed by atoms with Crippen LogP contribution in [0.5, 0.6) is 0 Å². The van der Waals surface area contributed by atoms with Gasteiger partial charge in [-0.3, -0.25) is 9.69 Å². The van der Waals surface area contributed by atoms with Crippen molar-refractivity contribution in [2.24, 2.45) is 5.92 Å². The van der Waals surface area contributed by atoms with Crippen LogP contribution in [-0.2, 0) is 11.3 Å². The molecule has 0 aliphatic carbocycles. The zero-order valence-electron chi connectivity index (χ0n) is 12.2. The molecule has 1 N–H and O–H groups in total. The number of nitrogens with one attached hydrogen (secondary N) is 1. The molecule has 3 nitrogen and oxygen atoms in total.